The van der Waals surface area contributed by atoms with Crippen LogP contribution in [0.25, 0.3) is 0 Å². The predicted octanol–water partition coefficient (Wildman–Crippen LogP) is 5.85. The minimum absolute atomic E-state index is 0.00637. The first-order valence-electron chi connectivity index (χ1n) is 8.84. The van der Waals surface area contributed by atoms with Gasteiger partial charge in [-0.2, -0.15) is 0 Å². The summed E-state index contributed by atoms with van der Waals surface area (Å²) in [6.45, 7) is 4.65. The van der Waals surface area contributed by atoms with Gasteiger partial charge in [0.2, 0.25) is 0 Å². The lowest BCUT2D eigenvalue weighted by molar-refractivity contribution is 0.159. The zero-order valence-corrected chi connectivity index (χ0v) is 13.4. The third-order valence-corrected chi connectivity index (χ3v) is 4.94. The minimum atomic E-state index is -0.00637. The van der Waals surface area contributed by atoms with Gasteiger partial charge in [0.25, 0.3) is 0 Å². The second-order valence-electron chi connectivity index (χ2n) is 7.14. The Kier molecular flexibility index (Phi) is 8.77. The Hall–Kier alpha value is -0.0400. The second kappa shape index (κ2) is 9.80. The average molecular weight is 268 g/mol. The van der Waals surface area contributed by atoms with Crippen LogP contribution < -0.4 is 0 Å². The van der Waals surface area contributed by atoms with Crippen molar-refractivity contribution >= 4 is 0 Å². The van der Waals surface area contributed by atoms with E-state index in [1.807, 2.05) is 0 Å². The van der Waals surface area contributed by atoms with E-state index in [1.165, 1.54) is 77.0 Å². The van der Waals surface area contributed by atoms with Crippen molar-refractivity contribution in [3.8, 4) is 0 Å². The molecule has 1 rings (SSSR count). The summed E-state index contributed by atoms with van der Waals surface area (Å²) in [6, 6.07) is 0. The third kappa shape index (κ3) is 7.97. The highest BCUT2D eigenvalue weighted by atomic mass is 16.3. The maximum absolute atomic E-state index is 9.63. The fourth-order valence-electron chi connectivity index (χ4n) is 3.55. The van der Waals surface area contributed by atoms with Crippen LogP contribution in [0.1, 0.15) is 104 Å². The minimum Gasteiger partial charge on any atom is -0.393 e. The molecule has 19 heavy (non-hydrogen) atoms. The third-order valence-electron chi connectivity index (χ3n) is 4.94. The Balaban J connectivity index is 1.84. The van der Waals surface area contributed by atoms with E-state index in [0.717, 1.165) is 12.8 Å². The highest BCUT2D eigenvalue weighted by molar-refractivity contribution is 4.85. The van der Waals surface area contributed by atoms with Crippen molar-refractivity contribution in [2.75, 3.05) is 0 Å². The van der Waals surface area contributed by atoms with Crippen LogP contribution in [0.2, 0.25) is 0 Å². The van der Waals surface area contributed by atoms with E-state index in [4.69, 9.17) is 0 Å². The SMILES string of the molecule is CCCCCCCCCCCCC1(C)CCC(O)C1. The summed E-state index contributed by atoms with van der Waals surface area (Å²) >= 11 is 0. The molecule has 1 nitrogen and oxygen atoms in total. The van der Waals surface area contributed by atoms with E-state index in [9.17, 15) is 5.11 Å². The summed E-state index contributed by atoms with van der Waals surface area (Å²) in [6.07, 6.45) is 18.8. The Morgan fingerprint density at radius 3 is 1.89 bits per heavy atom. The van der Waals surface area contributed by atoms with Gasteiger partial charge in [-0.1, -0.05) is 78.1 Å². The van der Waals surface area contributed by atoms with Crippen molar-refractivity contribution in [2.24, 2.45) is 5.41 Å². The first-order valence-corrected chi connectivity index (χ1v) is 8.84. The van der Waals surface area contributed by atoms with Gasteiger partial charge in [0.1, 0.15) is 0 Å². The van der Waals surface area contributed by atoms with E-state index in [-0.39, 0.29) is 6.10 Å². The summed E-state index contributed by atoms with van der Waals surface area (Å²) in [4.78, 5) is 0. The van der Waals surface area contributed by atoms with Crippen LogP contribution in [-0.4, -0.2) is 11.2 Å². The molecule has 0 aromatic heterocycles. The molecule has 1 aliphatic rings. The molecular formula is C18H36O. The number of hydrogen-bond acceptors (Lipinski definition) is 1. The van der Waals surface area contributed by atoms with Crippen molar-refractivity contribution in [3.63, 3.8) is 0 Å². The lowest BCUT2D eigenvalue weighted by Gasteiger charge is -2.23. The van der Waals surface area contributed by atoms with Crippen molar-refractivity contribution < 1.29 is 5.11 Å². The zero-order valence-electron chi connectivity index (χ0n) is 13.4. The highest BCUT2D eigenvalue weighted by Crippen LogP contribution is 2.41. The second-order valence-corrected chi connectivity index (χ2v) is 7.14. The first-order chi connectivity index (χ1) is 9.16. The normalized spacial score (nSPS) is 27.0. The average Bonchev–Trinajstić information content (AvgIpc) is 2.72. The van der Waals surface area contributed by atoms with Crippen molar-refractivity contribution in [3.05, 3.63) is 0 Å². The van der Waals surface area contributed by atoms with Gasteiger partial charge < -0.3 is 5.11 Å². The number of unbranched alkanes of at least 4 members (excludes halogenated alkanes) is 9. The van der Waals surface area contributed by atoms with E-state index in [0.29, 0.717) is 5.41 Å². The molecule has 0 aromatic rings. The fraction of sp³-hybridized carbons (Fsp3) is 1.00. The van der Waals surface area contributed by atoms with Gasteiger partial charge in [-0.15, -0.1) is 0 Å². The van der Waals surface area contributed by atoms with E-state index >= 15 is 0 Å². The zero-order chi connectivity index (χ0) is 14.0. The lowest BCUT2D eigenvalue weighted by Crippen LogP contribution is -2.13. The smallest absolute Gasteiger partial charge is 0.0545 e. The molecular weight excluding hydrogens is 232 g/mol. The molecule has 0 aliphatic heterocycles. The van der Waals surface area contributed by atoms with Gasteiger partial charge in [0.05, 0.1) is 6.10 Å². The molecule has 2 unspecified atom stereocenters. The Morgan fingerprint density at radius 2 is 1.42 bits per heavy atom. The van der Waals surface area contributed by atoms with Crippen LogP contribution in [0.15, 0.2) is 0 Å². The molecule has 0 spiro atoms. The molecule has 2 atom stereocenters. The summed E-state index contributed by atoms with van der Waals surface area (Å²) < 4.78 is 0. The largest absolute Gasteiger partial charge is 0.393 e. The van der Waals surface area contributed by atoms with E-state index in [2.05, 4.69) is 13.8 Å². The van der Waals surface area contributed by atoms with E-state index in [1.54, 1.807) is 0 Å². The summed E-state index contributed by atoms with van der Waals surface area (Å²) in [5.41, 5.74) is 0.458. The maximum atomic E-state index is 9.63. The number of rotatable bonds is 11. The van der Waals surface area contributed by atoms with Gasteiger partial charge in [-0.05, 0) is 31.1 Å². The first kappa shape index (κ1) is 17.0. The lowest BCUT2D eigenvalue weighted by atomic mass is 9.83. The topological polar surface area (TPSA) is 20.2 Å². The van der Waals surface area contributed by atoms with Crippen molar-refractivity contribution in [2.45, 2.75) is 110 Å². The molecule has 1 fully saturated rings. The van der Waals surface area contributed by atoms with Crippen LogP contribution in [0.3, 0.4) is 0 Å². The van der Waals surface area contributed by atoms with Gasteiger partial charge >= 0.3 is 0 Å². The molecule has 0 heterocycles. The summed E-state index contributed by atoms with van der Waals surface area (Å²) in [5, 5.41) is 9.63. The van der Waals surface area contributed by atoms with Crippen LogP contribution in [0, 0.1) is 5.41 Å². The number of hydrogen-bond donors (Lipinski definition) is 1. The maximum Gasteiger partial charge on any atom is 0.0545 e. The van der Waals surface area contributed by atoms with Gasteiger partial charge in [-0.3, -0.25) is 0 Å². The summed E-state index contributed by atoms with van der Waals surface area (Å²) in [7, 11) is 0. The molecule has 1 heteroatoms. The van der Waals surface area contributed by atoms with Crippen LogP contribution in [-0.2, 0) is 0 Å². The quantitative estimate of drug-likeness (QED) is 0.466. The van der Waals surface area contributed by atoms with Gasteiger partial charge in [0.15, 0.2) is 0 Å². The number of aliphatic hydroxyl groups is 1. The van der Waals surface area contributed by atoms with Gasteiger partial charge in [-0.25, -0.2) is 0 Å². The molecule has 0 amide bonds. The molecule has 1 saturated carbocycles. The Bertz CT molecular complexity index is 214. The highest BCUT2D eigenvalue weighted by Gasteiger charge is 2.33. The van der Waals surface area contributed by atoms with Gasteiger partial charge in [0, 0.05) is 0 Å². The molecule has 1 aliphatic carbocycles. The standard InChI is InChI=1S/C18H36O/c1-3-4-5-6-7-8-9-10-11-12-14-18(2)15-13-17(19)16-18/h17,19H,3-16H2,1-2H3. The molecule has 0 radical (unpaired) electrons. The van der Waals surface area contributed by atoms with Crippen molar-refractivity contribution in [1.82, 2.24) is 0 Å². The van der Waals surface area contributed by atoms with Crippen LogP contribution in [0.4, 0.5) is 0 Å². The van der Waals surface area contributed by atoms with E-state index < -0.39 is 0 Å². The molecule has 1 N–H and O–H groups in total. The van der Waals surface area contributed by atoms with Crippen LogP contribution >= 0.6 is 0 Å². The molecule has 114 valence electrons. The van der Waals surface area contributed by atoms with Crippen molar-refractivity contribution in [1.29, 1.82) is 0 Å². The monoisotopic (exact) mass is 268 g/mol. The summed E-state index contributed by atoms with van der Waals surface area (Å²) in [5.74, 6) is 0. The molecule has 0 aromatic carbocycles. The Morgan fingerprint density at radius 1 is 0.895 bits per heavy atom. The fourth-order valence-corrected chi connectivity index (χ4v) is 3.55. The molecule has 0 saturated heterocycles. The number of aliphatic hydroxyl groups excluding tert-OH is 1. The van der Waals surface area contributed by atoms with Crippen LogP contribution in [0.5, 0.6) is 0 Å². The molecule has 0 bridgehead atoms. The predicted molar refractivity (Wildman–Crippen MR) is 84.4 cm³/mol. The Labute approximate surface area is 121 Å².